The van der Waals surface area contributed by atoms with Crippen molar-refractivity contribution in [3.05, 3.63) is 29.3 Å². The van der Waals surface area contributed by atoms with Crippen LogP contribution in [0, 0.1) is 5.92 Å². The number of carbonyl (C=O) groups is 2. The number of fused-ring (bicyclic) bond motifs is 1. The van der Waals surface area contributed by atoms with E-state index in [1.807, 2.05) is 0 Å². The summed E-state index contributed by atoms with van der Waals surface area (Å²) in [5.41, 5.74) is 7.48. The van der Waals surface area contributed by atoms with Gasteiger partial charge < -0.3 is 16.4 Å². The van der Waals surface area contributed by atoms with Crippen molar-refractivity contribution in [3.8, 4) is 0 Å². The van der Waals surface area contributed by atoms with E-state index in [1.54, 1.807) is 18.2 Å². The number of benzene rings is 1. The fourth-order valence-corrected chi connectivity index (χ4v) is 2.96. The van der Waals surface area contributed by atoms with Crippen molar-refractivity contribution >= 4 is 17.5 Å². The Hall–Kier alpha value is -1.88. The second-order valence-electron chi connectivity index (χ2n) is 5.30. The number of rotatable bonds is 3. The highest BCUT2D eigenvalue weighted by molar-refractivity contribution is 6.04. The van der Waals surface area contributed by atoms with Gasteiger partial charge in [-0.2, -0.15) is 0 Å². The number of carbonyl (C=O) groups excluding carboxylic acids is 2. The van der Waals surface area contributed by atoms with Crippen LogP contribution in [-0.2, 0) is 4.79 Å². The average Bonchev–Trinajstić information content (AvgIpc) is 2.98. The first kappa shape index (κ1) is 12.2. The Balaban J connectivity index is 1.88. The maximum absolute atomic E-state index is 12.1. The first-order valence-electron chi connectivity index (χ1n) is 6.60. The number of nitrogens with two attached hydrogens (primary N) is 1. The predicted molar refractivity (Wildman–Crippen MR) is 71.9 cm³/mol. The smallest absolute Gasteiger partial charge is 0.248 e. The van der Waals surface area contributed by atoms with Crippen LogP contribution in [-0.4, -0.2) is 24.9 Å². The monoisotopic (exact) mass is 259 g/mol. The van der Waals surface area contributed by atoms with Gasteiger partial charge in [0.1, 0.15) is 0 Å². The number of nitrogens with one attached hydrogen (secondary N) is 2. The lowest BCUT2D eigenvalue weighted by atomic mass is 9.88. The fraction of sp³-hybridized carbons (Fsp3) is 0.429. The number of primary amides is 1. The van der Waals surface area contributed by atoms with E-state index in [2.05, 4.69) is 10.6 Å². The summed E-state index contributed by atoms with van der Waals surface area (Å²) in [6, 6.07) is 5.17. The second-order valence-corrected chi connectivity index (χ2v) is 5.30. The normalized spacial score (nSPS) is 25.2. The standard InChI is InChI=1S/C14H17N3O2/c15-13(18)9-1-2-12-10(6-9)11(14(19)17-12)5-8-3-4-16-7-8/h1-2,6,8,11,16H,3-5,7H2,(H2,15,18)(H,17,19). The van der Waals surface area contributed by atoms with Crippen molar-refractivity contribution < 1.29 is 9.59 Å². The summed E-state index contributed by atoms with van der Waals surface area (Å²) in [4.78, 5) is 23.3. The van der Waals surface area contributed by atoms with Gasteiger partial charge in [-0.15, -0.1) is 0 Å². The molecule has 5 nitrogen and oxygen atoms in total. The Morgan fingerprint density at radius 2 is 2.26 bits per heavy atom. The zero-order chi connectivity index (χ0) is 13.4. The molecule has 0 aromatic heterocycles. The molecule has 0 radical (unpaired) electrons. The van der Waals surface area contributed by atoms with Crippen LogP contribution in [0.1, 0.15) is 34.7 Å². The van der Waals surface area contributed by atoms with E-state index < -0.39 is 5.91 Å². The highest BCUT2D eigenvalue weighted by atomic mass is 16.2. The lowest BCUT2D eigenvalue weighted by Crippen LogP contribution is -2.17. The molecule has 0 spiro atoms. The molecule has 5 heteroatoms. The van der Waals surface area contributed by atoms with E-state index in [0.717, 1.165) is 37.2 Å². The van der Waals surface area contributed by atoms with Gasteiger partial charge in [0.2, 0.25) is 11.8 Å². The number of amides is 2. The van der Waals surface area contributed by atoms with Crippen LogP contribution >= 0.6 is 0 Å². The lowest BCUT2D eigenvalue weighted by Gasteiger charge is -2.14. The Labute approximate surface area is 111 Å². The Bertz CT molecular complexity index is 535. The van der Waals surface area contributed by atoms with Crippen molar-refractivity contribution in [1.29, 1.82) is 0 Å². The van der Waals surface area contributed by atoms with Gasteiger partial charge in [-0.3, -0.25) is 9.59 Å². The van der Waals surface area contributed by atoms with Crippen molar-refractivity contribution in [2.24, 2.45) is 11.7 Å². The summed E-state index contributed by atoms with van der Waals surface area (Å²) in [6.45, 7) is 1.99. The van der Waals surface area contributed by atoms with Gasteiger partial charge in [0.05, 0.1) is 5.92 Å². The number of anilines is 1. The zero-order valence-corrected chi connectivity index (χ0v) is 10.6. The average molecular weight is 259 g/mol. The summed E-state index contributed by atoms with van der Waals surface area (Å²) in [5, 5.41) is 6.18. The number of hydrogen-bond donors (Lipinski definition) is 3. The third kappa shape index (κ3) is 2.21. The first-order valence-corrected chi connectivity index (χ1v) is 6.60. The summed E-state index contributed by atoms with van der Waals surface area (Å²) in [7, 11) is 0. The van der Waals surface area contributed by atoms with Crippen LogP contribution in [0.4, 0.5) is 5.69 Å². The molecule has 2 unspecified atom stereocenters. The third-order valence-electron chi connectivity index (χ3n) is 4.02. The molecule has 2 aliphatic rings. The molecule has 1 saturated heterocycles. The molecule has 1 aromatic rings. The molecule has 0 aliphatic carbocycles. The molecule has 2 atom stereocenters. The largest absolute Gasteiger partial charge is 0.366 e. The summed E-state index contributed by atoms with van der Waals surface area (Å²) in [6.07, 6.45) is 1.93. The van der Waals surface area contributed by atoms with E-state index in [1.165, 1.54) is 0 Å². The summed E-state index contributed by atoms with van der Waals surface area (Å²) in [5.74, 6) is -0.0508. The predicted octanol–water partition coefficient (Wildman–Crippen LogP) is 0.821. The quantitative estimate of drug-likeness (QED) is 0.751. The highest BCUT2D eigenvalue weighted by Gasteiger charge is 2.33. The van der Waals surface area contributed by atoms with Crippen LogP contribution in [0.3, 0.4) is 0 Å². The topological polar surface area (TPSA) is 84.2 Å². The SMILES string of the molecule is NC(=O)c1ccc2c(c1)C(CC1CCNC1)C(=O)N2. The van der Waals surface area contributed by atoms with Gasteiger partial charge in [-0.25, -0.2) is 0 Å². The summed E-state index contributed by atoms with van der Waals surface area (Å²) >= 11 is 0. The zero-order valence-electron chi connectivity index (χ0n) is 10.6. The van der Waals surface area contributed by atoms with E-state index in [9.17, 15) is 9.59 Å². The molecule has 0 bridgehead atoms. The molecule has 4 N–H and O–H groups in total. The Morgan fingerprint density at radius 3 is 2.95 bits per heavy atom. The van der Waals surface area contributed by atoms with E-state index in [0.29, 0.717) is 11.5 Å². The second kappa shape index (κ2) is 4.66. The van der Waals surface area contributed by atoms with Crippen molar-refractivity contribution in [3.63, 3.8) is 0 Å². The van der Waals surface area contributed by atoms with Gasteiger partial charge in [0, 0.05) is 11.3 Å². The lowest BCUT2D eigenvalue weighted by molar-refractivity contribution is -0.117. The molecule has 19 heavy (non-hydrogen) atoms. The molecular weight excluding hydrogens is 242 g/mol. The third-order valence-corrected chi connectivity index (χ3v) is 4.02. The van der Waals surface area contributed by atoms with Crippen LogP contribution in [0.2, 0.25) is 0 Å². The highest BCUT2D eigenvalue weighted by Crippen LogP contribution is 2.38. The van der Waals surface area contributed by atoms with E-state index in [-0.39, 0.29) is 11.8 Å². The molecule has 1 fully saturated rings. The minimum Gasteiger partial charge on any atom is -0.366 e. The molecular formula is C14H17N3O2. The summed E-state index contributed by atoms with van der Waals surface area (Å²) < 4.78 is 0. The number of hydrogen-bond acceptors (Lipinski definition) is 3. The van der Waals surface area contributed by atoms with Crippen LogP contribution in [0.25, 0.3) is 0 Å². The fourth-order valence-electron chi connectivity index (χ4n) is 2.96. The van der Waals surface area contributed by atoms with E-state index >= 15 is 0 Å². The minimum absolute atomic E-state index is 0.0310. The van der Waals surface area contributed by atoms with Crippen molar-refractivity contribution in [2.75, 3.05) is 18.4 Å². The molecule has 2 heterocycles. The Kier molecular flexibility index (Phi) is 2.98. The minimum atomic E-state index is -0.455. The van der Waals surface area contributed by atoms with Gasteiger partial charge in [-0.05, 0) is 55.6 Å². The van der Waals surface area contributed by atoms with E-state index in [4.69, 9.17) is 5.73 Å². The molecule has 2 amide bonds. The van der Waals surface area contributed by atoms with Gasteiger partial charge >= 0.3 is 0 Å². The van der Waals surface area contributed by atoms with Crippen LogP contribution < -0.4 is 16.4 Å². The van der Waals surface area contributed by atoms with Crippen molar-refractivity contribution in [1.82, 2.24) is 5.32 Å². The van der Waals surface area contributed by atoms with Gasteiger partial charge in [0.15, 0.2) is 0 Å². The van der Waals surface area contributed by atoms with Crippen LogP contribution in [0.5, 0.6) is 0 Å². The van der Waals surface area contributed by atoms with Crippen LogP contribution in [0.15, 0.2) is 18.2 Å². The maximum atomic E-state index is 12.1. The molecule has 0 saturated carbocycles. The maximum Gasteiger partial charge on any atom is 0.248 e. The molecule has 1 aromatic carbocycles. The Morgan fingerprint density at radius 1 is 1.42 bits per heavy atom. The molecule has 3 rings (SSSR count). The van der Waals surface area contributed by atoms with Crippen molar-refractivity contribution in [2.45, 2.75) is 18.8 Å². The molecule has 100 valence electrons. The van der Waals surface area contributed by atoms with Gasteiger partial charge in [-0.1, -0.05) is 0 Å². The van der Waals surface area contributed by atoms with Gasteiger partial charge in [0.25, 0.3) is 0 Å². The first-order chi connectivity index (χ1) is 9.15. The molecule has 2 aliphatic heterocycles.